The Hall–Kier alpha value is -1.50. The number of pyridine rings is 1. The number of amides is 1. The molecule has 6 nitrogen and oxygen atoms in total. The Morgan fingerprint density at radius 3 is 3.04 bits per heavy atom. The van der Waals surface area contributed by atoms with Crippen molar-refractivity contribution in [2.24, 2.45) is 5.92 Å². The molecule has 130 valence electrons. The molecule has 24 heavy (non-hydrogen) atoms. The van der Waals surface area contributed by atoms with Crippen LogP contribution >= 0.6 is 0 Å². The fraction of sp³-hybridized carbons (Fsp3) is 0.667. The largest absolute Gasteiger partial charge is 0.363 e. The van der Waals surface area contributed by atoms with E-state index in [1.807, 2.05) is 18.3 Å². The lowest BCUT2D eigenvalue weighted by Gasteiger charge is -2.33. The fourth-order valence-corrected chi connectivity index (χ4v) is 3.95. The maximum absolute atomic E-state index is 12.6. The van der Waals surface area contributed by atoms with E-state index in [4.69, 9.17) is 9.57 Å². The summed E-state index contributed by atoms with van der Waals surface area (Å²) in [5.41, 5.74) is 1.09. The average Bonchev–Trinajstić information content (AvgIpc) is 3.06. The third kappa shape index (κ3) is 3.45. The summed E-state index contributed by atoms with van der Waals surface area (Å²) in [6.45, 7) is 4.11. The summed E-state index contributed by atoms with van der Waals surface area (Å²) in [5, 5.41) is 1.52. The minimum absolute atomic E-state index is 0.0142. The smallest absolute Gasteiger partial charge is 0.275 e. The molecule has 3 fully saturated rings. The Balaban J connectivity index is 1.33. The first-order valence-corrected chi connectivity index (χ1v) is 9.01. The minimum atomic E-state index is -0.326. The van der Waals surface area contributed by atoms with Gasteiger partial charge in [0.2, 0.25) is 0 Å². The van der Waals surface area contributed by atoms with Gasteiger partial charge in [-0.3, -0.25) is 19.5 Å². The predicted octanol–water partition coefficient (Wildman–Crippen LogP) is 1.61. The maximum atomic E-state index is 12.6. The lowest BCUT2D eigenvalue weighted by Crippen LogP contribution is -2.43. The minimum Gasteiger partial charge on any atom is -0.363 e. The van der Waals surface area contributed by atoms with Crippen molar-refractivity contribution in [3.63, 3.8) is 0 Å². The molecule has 0 unspecified atom stereocenters. The van der Waals surface area contributed by atoms with Crippen molar-refractivity contribution < 1.29 is 14.4 Å². The van der Waals surface area contributed by atoms with Crippen LogP contribution in [0, 0.1) is 5.92 Å². The molecule has 0 bridgehead atoms. The molecule has 3 atom stereocenters. The summed E-state index contributed by atoms with van der Waals surface area (Å²) in [6, 6.07) is 6.02. The molecule has 3 saturated heterocycles. The highest BCUT2D eigenvalue weighted by Gasteiger charge is 2.43. The van der Waals surface area contributed by atoms with Crippen LogP contribution in [0.25, 0.3) is 0 Å². The second-order valence-electron chi connectivity index (χ2n) is 6.98. The van der Waals surface area contributed by atoms with Crippen molar-refractivity contribution in [2.45, 2.75) is 44.4 Å². The number of rotatable bonds is 3. The van der Waals surface area contributed by atoms with Crippen LogP contribution in [0.4, 0.5) is 0 Å². The molecule has 1 aromatic heterocycles. The molecule has 0 saturated carbocycles. The van der Waals surface area contributed by atoms with Crippen molar-refractivity contribution in [1.29, 1.82) is 0 Å². The monoisotopic (exact) mass is 331 g/mol. The second-order valence-corrected chi connectivity index (χ2v) is 6.98. The van der Waals surface area contributed by atoms with Crippen LogP contribution in [0.3, 0.4) is 0 Å². The SMILES string of the molecule is O=C([C@@H]1C[C@@H]2CCN(Cc3ccccn3)C[C@H]2O1)N1CCCCO1. The van der Waals surface area contributed by atoms with Gasteiger partial charge in [0, 0.05) is 25.8 Å². The van der Waals surface area contributed by atoms with E-state index < -0.39 is 0 Å². The number of ether oxygens (including phenoxy) is 1. The first kappa shape index (κ1) is 16.0. The van der Waals surface area contributed by atoms with Crippen LogP contribution in [-0.2, 0) is 20.9 Å². The summed E-state index contributed by atoms with van der Waals surface area (Å²) in [7, 11) is 0. The van der Waals surface area contributed by atoms with Crippen molar-refractivity contribution in [3.05, 3.63) is 30.1 Å². The van der Waals surface area contributed by atoms with Crippen molar-refractivity contribution in [3.8, 4) is 0 Å². The Bertz CT molecular complexity index is 562. The third-order valence-electron chi connectivity index (χ3n) is 5.27. The number of carbonyl (C=O) groups excluding carboxylic acids is 1. The van der Waals surface area contributed by atoms with Gasteiger partial charge in [-0.2, -0.15) is 0 Å². The van der Waals surface area contributed by atoms with Crippen molar-refractivity contribution in [1.82, 2.24) is 14.9 Å². The number of hydrogen-bond donors (Lipinski definition) is 0. The van der Waals surface area contributed by atoms with Gasteiger partial charge in [0.05, 0.1) is 18.4 Å². The van der Waals surface area contributed by atoms with Crippen molar-refractivity contribution in [2.75, 3.05) is 26.2 Å². The van der Waals surface area contributed by atoms with Crippen LogP contribution in [-0.4, -0.2) is 59.3 Å². The number of hydrogen-bond acceptors (Lipinski definition) is 5. The summed E-state index contributed by atoms with van der Waals surface area (Å²) < 4.78 is 6.12. The molecule has 1 aromatic rings. The van der Waals surface area contributed by atoms with E-state index in [0.29, 0.717) is 19.1 Å². The standard InChI is InChI=1S/C18H25N3O3/c22-18(21-8-3-4-10-23-21)16-11-14-6-9-20(13-17(14)24-16)12-15-5-1-2-7-19-15/h1-2,5,7,14,16-17H,3-4,6,8-13H2/t14-,16-,17+/m0/s1. The molecule has 0 aromatic carbocycles. The topological polar surface area (TPSA) is 54.9 Å². The van der Waals surface area contributed by atoms with Gasteiger partial charge in [-0.05, 0) is 50.3 Å². The highest BCUT2D eigenvalue weighted by atomic mass is 16.7. The first-order valence-electron chi connectivity index (χ1n) is 9.01. The molecule has 0 N–H and O–H groups in total. The van der Waals surface area contributed by atoms with Gasteiger partial charge in [0.1, 0.15) is 6.10 Å². The number of piperidine rings is 1. The first-order chi connectivity index (χ1) is 11.8. The summed E-state index contributed by atoms with van der Waals surface area (Å²) >= 11 is 0. The lowest BCUT2D eigenvalue weighted by molar-refractivity contribution is -0.206. The molecular weight excluding hydrogens is 306 g/mol. The summed E-state index contributed by atoms with van der Waals surface area (Å²) in [4.78, 5) is 24.8. The highest BCUT2D eigenvalue weighted by molar-refractivity contribution is 5.80. The van der Waals surface area contributed by atoms with Gasteiger partial charge in [-0.1, -0.05) is 6.07 Å². The number of carbonyl (C=O) groups is 1. The Labute approximate surface area is 142 Å². The molecular formula is C18H25N3O3. The van der Waals surface area contributed by atoms with E-state index in [1.54, 1.807) is 0 Å². The lowest BCUT2D eigenvalue weighted by atomic mass is 9.91. The molecule has 4 heterocycles. The Morgan fingerprint density at radius 2 is 2.25 bits per heavy atom. The molecule has 6 heteroatoms. The average molecular weight is 331 g/mol. The van der Waals surface area contributed by atoms with Crippen molar-refractivity contribution >= 4 is 5.91 Å². The molecule has 0 aliphatic carbocycles. The van der Waals surface area contributed by atoms with Gasteiger partial charge in [0.15, 0.2) is 0 Å². The number of hydroxylamine groups is 2. The molecule has 4 rings (SSSR count). The zero-order valence-electron chi connectivity index (χ0n) is 14.0. The summed E-state index contributed by atoms with van der Waals surface area (Å²) in [6.07, 6.45) is 5.63. The molecule has 0 radical (unpaired) electrons. The number of fused-ring (bicyclic) bond motifs is 1. The van der Waals surface area contributed by atoms with Gasteiger partial charge in [0.25, 0.3) is 5.91 Å². The Morgan fingerprint density at radius 1 is 1.29 bits per heavy atom. The van der Waals surface area contributed by atoms with E-state index in [2.05, 4.69) is 16.0 Å². The molecule has 0 spiro atoms. The van der Waals surface area contributed by atoms with Gasteiger partial charge < -0.3 is 4.74 Å². The number of likely N-dealkylation sites (tertiary alicyclic amines) is 1. The van der Waals surface area contributed by atoms with Crippen LogP contribution in [0.5, 0.6) is 0 Å². The van der Waals surface area contributed by atoms with Crippen LogP contribution in [0.15, 0.2) is 24.4 Å². The summed E-state index contributed by atoms with van der Waals surface area (Å²) in [5.74, 6) is 0.504. The predicted molar refractivity (Wildman–Crippen MR) is 87.8 cm³/mol. The fourth-order valence-electron chi connectivity index (χ4n) is 3.95. The molecule has 1 amide bonds. The molecule has 3 aliphatic rings. The van der Waals surface area contributed by atoms with Gasteiger partial charge in [-0.25, -0.2) is 5.06 Å². The van der Waals surface area contributed by atoms with E-state index in [0.717, 1.165) is 51.0 Å². The van der Waals surface area contributed by atoms with Gasteiger partial charge in [-0.15, -0.1) is 0 Å². The zero-order chi connectivity index (χ0) is 16.4. The Kier molecular flexibility index (Phi) is 4.78. The third-order valence-corrected chi connectivity index (χ3v) is 5.27. The van der Waals surface area contributed by atoms with Crippen LogP contribution in [0.1, 0.15) is 31.4 Å². The number of nitrogens with zero attached hydrogens (tertiary/aromatic N) is 3. The zero-order valence-corrected chi connectivity index (χ0v) is 14.0. The highest BCUT2D eigenvalue weighted by Crippen LogP contribution is 2.34. The van der Waals surface area contributed by atoms with Crippen LogP contribution in [0.2, 0.25) is 0 Å². The van der Waals surface area contributed by atoms with Crippen LogP contribution < -0.4 is 0 Å². The molecule has 3 aliphatic heterocycles. The van der Waals surface area contributed by atoms with Gasteiger partial charge >= 0.3 is 0 Å². The van der Waals surface area contributed by atoms with E-state index in [1.165, 1.54) is 5.06 Å². The number of aromatic nitrogens is 1. The quantitative estimate of drug-likeness (QED) is 0.842. The van der Waals surface area contributed by atoms with E-state index in [9.17, 15) is 4.79 Å². The second kappa shape index (κ2) is 7.17. The maximum Gasteiger partial charge on any atom is 0.275 e. The van der Waals surface area contributed by atoms with E-state index in [-0.39, 0.29) is 18.1 Å². The van der Waals surface area contributed by atoms with E-state index >= 15 is 0 Å². The normalized spacial score (nSPS) is 31.0.